The highest BCUT2D eigenvalue weighted by Crippen LogP contribution is 2.24. The maximum Gasteiger partial charge on any atom is 0.122 e. The molecule has 0 aliphatic carbocycles. The van der Waals surface area contributed by atoms with E-state index in [1.807, 2.05) is 6.92 Å². The molecular formula is C18H30O3. The maximum absolute atomic E-state index is 9.97. The van der Waals surface area contributed by atoms with Crippen LogP contribution >= 0.6 is 0 Å². The predicted octanol–water partition coefficient (Wildman–Crippen LogP) is 3.55. The molecule has 0 aromatic heterocycles. The van der Waals surface area contributed by atoms with Gasteiger partial charge in [-0.3, -0.25) is 0 Å². The molecule has 3 heteroatoms. The molecule has 0 aliphatic heterocycles. The summed E-state index contributed by atoms with van der Waals surface area (Å²) in [6.07, 6.45) is 2.67. The van der Waals surface area contributed by atoms with Gasteiger partial charge in [0.1, 0.15) is 5.75 Å². The predicted molar refractivity (Wildman–Crippen MR) is 86.9 cm³/mol. The molecule has 0 bridgehead atoms. The molecule has 2 N–H and O–H groups in total. The highest BCUT2D eigenvalue weighted by Gasteiger charge is 2.16. The summed E-state index contributed by atoms with van der Waals surface area (Å²) in [6, 6.07) is 4.22. The Bertz CT molecular complexity index is 429. The number of aryl methyl sites for hydroxylation is 3. The quantitative estimate of drug-likeness (QED) is 0.732. The molecule has 0 saturated heterocycles. The Morgan fingerprint density at radius 2 is 1.62 bits per heavy atom. The lowest BCUT2D eigenvalue weighted by Crippen LogP contribution is -2.26. The van der Waals surface area contributed by atoms with Crippen molar-refractivity contribution < 1.29 is 14.9 Å². The van der Waals surface area contributed by atoms with E-state index in [2.05, 4.69) is 32.9 Å². The Hall–Kier alpha value is -1.06. The van der Waals surface area contributed by atoms with E-state index in [4.69, 9.17) is 4.74 Å². The van der Waals surface area contributed by atoms with Gasteiger partial charge >= 0.3 is 0 Å². The Labute approximate surface area is 129 Å². The number of benzene rings is 1. The summed E-state index contributed by atoms with van der Waals surface area (Å²) in [5, 5.41) is 19.8. The molecule has 1 aromatic carbocycles. The van der Waals surface area contributed by atoms with Crippen LogP contribution in [0.2, 0.25) is 0 Å². The van der Waals surface area contributed by atoms with E-state index in [9.17, 15) is 10.2 Å². The summed E-state index contributed by atoms with van der Waals surface area (Å²) in [5.41, 5.74) is 3.54. The molecule has 2 atom stereocenters. The summed E-state index contributed by atoms with van der Waals surface area (Å²) in [7, 11) is 0. The van der Waals surface area contributed by atoms with Gasteiger partial charge in [-0.1, -0.05) is 26.3 Å². The minimum absolute atomic E-state index is 0.594. The third kappa shape index (κ3) is 5.68. The first-order valence-corrected chi connectivity index (χ1v) is 8.08. The van der Waals surface area contributed by atoms with Crippen molar-refractivity contribution in [3.05, 3.63) is 28.8 Å². The Kier molecular flexibility index (Phi) is 7.76. The minimum atomic E-state index is -0.638. The lowest BCUT2D eigenvalue weighted by molar-refractivity contribution is 0.00978. The van der Waals surface area contributed by atoms with E-state index in [0.29, 0.717) is 12.8 Å². The summed E-state index contributed by atoms with van der Waals surface area (Å²) >= 11 is 0. The Morgan fingerprint density at radius 1 is 0.952 bits per heavy atom. The van der Waals surface area contributed by atoms with Crippen molar-refractivity contribution in [2.24, 2.45) is 0 Å². The first-order valence-electron chi connectivity index (χ1n) is 8.08. The van der Waals surface area contributed by atoms with E-state index in [1.54, 1.807) is 0 Å². The zero-order valence-electron chi connectivity index (χ0n) is 13.9. The van der Waals surface area contributed by atoms with Crippen LogP contribution in [0.4, 0.5) is 0 Å². The maximum atomic E-state index is 9.97. The van der Waals surface area contributed by atoms with Gasteiger partial charge in [0.15, 0.2) is 0 Å². The zero-order chi connectivity index (χ0) is 15.8. The molecule has 2 unspecified atom stereocenters. The number of ether oxygens (including phenoxy) is 1. The molecule has 0 aliphatic rings. The van der Waals surface area contributed by atoms with Crippen molar-refractivity contribution in [2.75, 3.05) is 6.61 Å². The van der Waals surface area contributed by atoms with Crippen LogP contribution in [0, 0.1) is 13.8 Å². The summed E-state index contributed by atoms with van der Waals surface area (Å²) in [4.78, 5) is 0. The van der Waals surface area contributed by atoms with Crippen molar-refractivity contribution in [1.29, 1.82) is 0 Å². The molecule has 0 spiro atoms. The van der Waals surface area contributed by atoms with Crippen molar-refractivity contribution in [3.63, 3.8) is 0 Å². The number of aliphatic hydroxyl groups excluding tert-OH is 2. The van der Waals surface area contributed by atoms with Gasteiger partial charge in [0.2, 0.25) is 0 Å². The van der Waals surface area contributed by atoms with Gasteiger partial charge < -0.3 is 14.9 Å². The molecule has 3 nitrogen and oxygen atoms in total. The van der Waals surface area contributed by atoms with Crippen LogP contribution in [0.1, 0.15) is 56.2 Å². The molecule has 1 aromatic rings. The van der Waals surface area contributed by atoms with Gasteiger partial charge in [0.05, 0.1) is 18.8 Å². The fraction of sp³-hybridized carbons (Fsp3) is 0.667. The molecule has 0 radical (unpaired) electrons. The monoisotopic (exact) mass is 294 g/mol. The van der Waals surface area contributed by atoms with Crippen molar-refractivity contribution in [1.82, 2.24) is 0 Å². The molecule has 0 saturated carbocycles. The fourth-order valence-corrected chi connectivity index (χ4v) is 2.47. The largest absolute Gasteiger partial charge is 0.493 e. The van der Waals surface area contributed by atoms with Crippen LogP contribution in [0.3, 0.4) is 0 Å². The van der Waals surface area contributed by atoms with Crippen LogP contribution in [-0.4, -0.2) is 29.0 Å². The lowest BCUT2D eigenvalue weighted by atomic mass is 9.96. The van der Waals surface area contributed by atoms with E-state index in [-0.39, 0.29) is 0 Å². The number of hydrogen-bond donors (Lipinski definition) is 2. The van der Waals surface area contributed by atoms with E-state index >= 15 is 0 Å². The van der Waals surface area contributed by atoms with Gasteiger partial charge in [-0.05, 0) is 62.3 Å². The van der Waals surface area contributed by atoms with Crippen molar-refractivity contribution >= 4 is 0 Å². The molecular weight excluding hydrogens is 264 g/mol. The SMILES string of the molecule is CCCOc1cc(C)c(CCC(O)C(O)CCC)cc1C. The van der Waals surface area contributed by atoms with Gasteiger partial charge in [-0.15, -0.1) is 0 Å². The molecule has 1 rings (SSSR count). The third-order valence-corrected chi connectivity index (χ3v) is 3.83. The van der Waals surface area contributed by atoms with Crippen LogP contribution in [0.15, 0.2) is 12.1 Å². The van der Waals surface area contributed by atoms with Gasteiger partial charge in [-0.25, -0.2) is 0 Å². The van der Waals surface area contributed by atoms with E-state index < -0.39 is 12.2 Å². The normalized spacial score (nSPS) is 14.0. The summed E-state index contributed by atoms with van der Waals surface area (Å²) in [6.45, 7) is 8.97. The number of aliphatic hydroxyl groups is 2. The van der Waals surface area contributed by atoms with Crippen LogP contribution < -0.4 is 4.74 Å². The number of rotatable bonds is 9. The van der Waals surface area contributed by atoms with E-state index in [0.717, 1.165) is 37.2 Å². The van der Waals surface area contributed by atoms with Crippen LogP contribution in [-0.2, 0) is 6.42 Å². The number of hydrogen-bond acceptors (Lipinski definition) is 3. The van der Waals surface area contributed by atoms with Gasteiger partial charge in [0.25, 0.3) is 0 Å². The first kappa shape index (κ1) is 18.0. The molecule has 0 fully saturated rings. The van der Waals surface area contributed by atoms with Gasteiger partial charge in [-0.2, -0.15) is 0 Å². The van der Waals surface area contributed by atoms with Crippen molar-refractivity contribution in [3.8, 4) is 5.75 Å². The fourth-order valence-electron chi connectivity index (χ4n) is 2.47. The smallest absolute Gasteiger partial charge is 0.122 e. The Morgan fingerprint density at radius 3 is 2.24 bits per heavy atom. The second-order valence-corrected chi connectivity index (χ2v) is 5.85. The second kappa shape index (κ2) is 9.06. The third-order valence-electron chi connectivity index (χ3n) is 3.83. The van der Waals surface area contributed by atoms with Crippen LogP contribution in [0.5, 0.6) is 5.75 Å². The van der Waals surface area contributed by atoms with Crippen LogP contribution in [0.25, 0.3) is 0 Å². The molecule has 120 valence electrons. The summed E-state index contributed by atoms with van der Waals surface area (Å²) in [5.74, 6) is 0.949. The molecule has 21 heavy (non-hydrogen) atoms. The Balaban J connectivity index is 2.65. The van der Waals surface area contributed by atoms with Crippen molar-refractivity contribution in [2.45, 2.75) is 72.0 Å². The highest BCUT2D eigenvalue weighted by atomic mass is 16.5. The lowest BCUT2D eigenvalue weighted by Gasteiger charge is -2.18. The average molecular weight is 294 g/mol. The highest BCUT2D eigenvalue weighted by molar-refractivity contribution is 5.41. The average Bonchev–Trinajstić information content (AvgIpc) is 2.46. The van der Waals surface area contributed by atoms with E-state index in [1.165, 1.54) is 11.1 Å². The standard InChI is InChI=1S/C18H30O3/c1-5-7-16(19)17(20)9-8-15-11-14(4)18(12-13(15)3)21-10-6-2/h11-12,16-17,19-20H,5-10H2,1-4H3. The second-order valence-electron chi connectivity index (χ2n) is 5.85. The topological polar surface area (TPSA) is 49.7 Å². The zero-order valence-corrected chi connectivity index (χ0v) is 13.9. The summed E-state index contributed by atoms with van der Waals surface area (Å²) < 4.78 is 5.73. The molecule has 0 heterocycles. The van der Waals surface area contributed by atoms with Gasteiger partial charge in [0, 0.05) is 0 Å². The minimum Gasteiger partial charge on any atom is -0.493 e. The first-order chi connectivity index (χ1) is 9.99. The molecule has 0 amide bonds.